The average Bonchev–Trinajstić information content (AvgIpc) is 2.20. The van der Waals surface area contributed by atoms with Crippen molar-refractivity contribution < 1.29 is 15.0 Å². The predicted octanol–water partition coefficient (Wildman–Crippen LogP) is 0.968. The summed E-state index contributed by atoms with van der Waals surface area (Å²) in [6.07, 6.45) is 1.74. The van der Waals surface area contributed by atoms with Crippen LogP contribution < -0.4 is 0 Å². The lowest BCUT2D eigenvalue weighted by Crippen LogP contribution is -2.24. The number of carboxylic acid groups (broad SMARTS) is 1. The molecule has 84 valence electrons. The van der Waals surface area contributed by atoms with Gasteiger partial charge < -0.3 is 15.1 Å². The number of carbonyl (C=O) groups is 1. The average molecular weight is 203 g/mol. The molecule has 0 atom stereocenters. The number of hydrogen-bond acceptors (Lipinski definition) is 3. The second kappa shape index (κ2) is 12.1. The highest BCUT2D eigenvalue weighted by Crippen LogP contribution is 1.88. The minimum atomic E-state index is -0.981. The van der Waals surface area contributed by atoms with Crippen LogP contribution in [0.4, 0.5) is 0 Å². The molecule has 0 aliphatic carbocycles. The van der Waals surface area contributed by atoms with Crippen LogP contribution in [0.15, 0.2) is 12.7 Å². The largest absolute Gasteiger partial charge is 0.478 e. The van der Waals surface area contributed by atoms with E-state index in [1.54, 1.807) is 0 Å². The fourth-order valence-corrected chi connectivity index (χ4v) is 0.834. The molecule has 0 aliphatic rings. The van der Waals surface area contributed by atoms with E-state index in [2.05, 4.69) is 25.3 Å². The van der Waals surface area contributed by atoms with E-state index in [9.17, 15) is 4.79 Å². The fourth-order valence-electron chi connectivity index (χ4n) is 0.834. The van der Waals surface area contributed by atoms with Gasteiger partial charge in [-0.3, -0.25) is 0 Å². The smallest absolute Gasteiger partial charge is 0.327 e. The van der Waals surface area contributed by atoms with Crippen molar-refractivity contribution in [3.05, 3.63) is 12.7 Å². The lowest BCUT2D eigenvalue weighted by Gasteiger charge is -2.16. The first-order chi connectivity index (χ1) is 6.62. The van der Waals surface area contributed by atoms with Gasteiger partial charge in [-0.05, 0) is 19.5 Å². The van der Waals surface area contributed by atoms with E-state index in [1.807, 2.05) is 0 Å². The number of hydrogen-bond donors (Lipinski definition) is 2. The monoisotopic (exact) mass is 203 g/mol. The predicted molar refractivity (Wildman–Crippen MR) is 57.3 cm³/mol. The highest BCUT2D eigenvalue weighted by atomic mass is 16.4. The van der Waals surface area contributed by atoms with Crippen LogP contribution in [0.5, 0.6) is 0 Å². The van der Waals surface area contributed by atoms with Crippen molar-refractivity contribution in [1.82, 2.24) is 4.90 Å². The van der Waals surface area contributed by atoms with E-state index in [0.29, 0.717) is 6.61 Å². The molecular formula is C10H21NO3. The Balaban J connectivity index is 0. The molecule has 2 N–H and O–H groups in total. The van der Waals surface area contributed by atoms with Crippen molar-refractivity contribution in [2.75, 3.05) is 26.2 Å². The van der Waals surface area contributed by atoms with Crippen molar-refractivity contribution in [2.24, 2.45) is 0 Å². The van der Waals surface area contributed by atoms with Gasteiger partial charge in [0.25, 0.3) is 0 Å². The van der Waals surface area contributed by atoms with Crippen LogP contribution in [-0.2, 0) is 4.79 Å². The van der Waals surface area contributed by atoms with Crippen LogP contribution in [0, 0.1) is 0 Å². The Morgan fingerprint density at radius 1 is 1.43 bits per heavy atom. The van der Waals surface area contributed by atoms with E-state index in [-0.39, 0.29) is 0 Å². The molecule has 0 saturated carbocycles. The maximum Gasteiger partial charge on any atom is 0.327 e. The van der Waals surface area contributed by atoms with Gasteiger partial charge in [-0.15, -0.1) is 0 Å². The summed E-state index contributed by atoms with van der Waals surface area (Å²) < 4.78 is 0. The zero-order chi connectivity index (χ0) is 11.4. The molecule has 4 nitrogen and oxygen atoms in total. The van der Waals surface area contributed by atoms with Gasteiger partial charge >= 0.3 is 5.97 Å². The van der Waals surface area contributed by atoms with Crippen molar-refractivity contribution in [3.8, 4) is 0 Å². The number of aliphatic hydroxyl groups excluding tert-OH is 1. The second-order valence-electron chi connectivity index (χ2n) is 2.65. The van der Waals surface area contributed by atoms with Gasteiger partial charge in [0.2, 0.25) is 0 Å². The summed E-state index contributed by atoms with van der Waals surface area (Å²) in [5.41, 5.74) is 0. The van der Waals surface area contributed by atoms with Gasteiger partial charge in [-0.25, -0.2) is 4.79 Å². The Hall–Kier alpha value is -0.870. The van der Waals surface area contributed by atoms with Crippen LogP contribution in [0.1, 0.15) is 20.3 Å². The van der Waals surface area contributed by atoms with Crippen molar-refractivity contribution in [1.29, 1.82) is 0 Å². The minimum Gasteiger partial charge on any atom is -0.478 e. The molecule has 0 bridgehead atoms. The zero-order valence-electron chi connectivity index (χ0n) is 9.07. The second-order valence-corrected chi connectivity index (χ2v) is 2.65. The topological polar surface area (TPSA) is 60.8 Å². The Morgan fingerprint density at radius 3 is 2.07 bits per heavy atom. The molecule has 0 unspecified atom stereocenters. The third-order valence-corrected chi connectivity index (χ3v) is 1.70. The Bertz CT molecular complexity index is 144. The summed E-state index contributed by atoms with van der Waals surface area (Å²) >= 11 is 0. The summed E-state index contributed by atoms with van der Waals surface area (Å²) in [7, 11) is 0. The van der Waals surface area contributed by atoms with E-state index < -0.39 is 5.97 Å². The minimum absolute atomic E-state index is 0.316. The van der Waals surface area contributed by atoms with Gasteiger partial charge in [0.1, 0.15) is 0 Å². The zero-order valence-corrected chi connectivity index (χ0v) is 9.07. The molecule has 0 aromatic heterocycles. The van der Waals surface area contributed by atoms with E-state index >= 15 is 0 Å². The first-order valence-corrected chi connectivity index (χ1v) is 4.80. The molecule has 0 fully saturated rings. The summed E-state index contributed by atoms with van der Waals surface area (Å²) in [6, 6.07) is 0. The molecule has 4 heteroatoms. The number of rotatable bonds is 6. The van der Waals surface area contributed by atoms with Crippen LogP contribution in [-0.4, -0.2) is 47.3 Å². The van der Waals surface area contributed by atoms with Gasteiger partial charge in [0.05, 0.1) is 0 Å². The summed E-state index contributed by atoms with van der Waals surface area (Å²) in [5.74, 6) is -0.981. The number of nitrogens with zero attached hydrogens (tertiary/aromatic N) is 1. The van der Waals surface area contributed by atoms with Crippen LogP contribution in [0.25, 0.3) is 0 Å². The van der Waals surface area contributed by atoms with E-state index in [4.69, 9.17) is 10.2 Å². The van der Waals surface area contributed by atoms with Gasteiger partial charge in [-0.2, -0.15) is 0 Å². The molecule has 0 aromatic carbocycles. The standard InChI is InChI=1S/C7H17NO.C3H4O2/c1-3-8(4-2)6-5-7-9;1-2-3(4)5/h9H,3-7H2,1-2H3;2H,1H2,(H,4,5). The third-order valence-electron chi connectivity index (χ3n) is 1.70. The van der Waals surface area contributed by atoms with Crippen molar-refractivity contribution in [3.63, 3.8) is 0 Å². The van der Waals surface area contributed by atoms with E-state index in [0.717, 1.165) is 32.1 Å². The fraction of sp³-hybridized carbons (Fsp3) is 0.700. The molecule has 0 heterocycles. The number of carboxylic acids is 1. The van der Waals surface area contributed by atoms with Gasteiger partial charge in [-0.1, -0.05) is 20.4 Å². The van der Waals surface area contributed by atoms with Crippen LogP contribution in [0.2, 0.25) is 0 Å². The molecule has 0 rings (SSSR count). The molecule has 0 saturated heterocycles. The Morgan fingerprint density at radius 2 is 1.86 bits per heavy atom. The molecule has 0 spiro atoms. The third kappa shape index (κ3) is 13.7. The van der Waals surface area contributed by atoms with E-state index in [1.165, 1.54) is 0 Å². The van der Waals surface area contributed by atoms with Crippen LogP contribution in [0.3, 0.4) is 0 Å². The molecule has 0 radical (unpaired) electrons. The van der Waals surface area contributed by atoms with Crippen molar-refractivity contribution in [2.45, 2.75) is 20.3 Å². The highest BCUT2D eigenvalue weighted by Gasteiger charge is 1.95. The Labute approximate surface area is 85.8 Å². The summed E-state index contributed by atoms with van der Waals surface area (Å²) in [5, 5.41) is 16.1. The Kier molecular flexibility index (Phi) is 13.5. The lowest BCUT2D eigenvalue weighted by atomic mass is 10.4. The molecule has 0 amide bonds. The first kappa shape index (κ1) is 15.6. The quantitative estimate of drug-likeness (QED) is 0.631. The van der Waals surface area contributed by atoms with Crippen LogP contribution >= 0.6 is 0 Å². The van der Waals surface area contributed by atoms with Gasteiger partial charge in [0.15, 0.2) is 0 Å². The molecule has 14 heavy (non-hydrogen) atoms. The maximum absolute atomic E-state index is 9.25. The number of aliphatic carboxylic acids is 1. The normalized spacial score (nSPS) is 9.14. The molecule has 0 aliphatic heterocycles. The summed E-state index contributed by atoms with van der Waals surface area (Å²) in [4.78, 5) is 11.6. The van der Waals surface area contributed by atoms with Gasteiger partial charge in [0, 0.05) is 19.2 Å². The lowest BCUT2D eigenvalue weighted by molar-refractivity contribution is -0.131. The number of aliphatic hydroxyl groups is 1. The SMILES string of the molecule is C=CC(=O)O.CCN(CC)CCCO. The maximum atomic E-state index is 9.25. The summed E-state index contributed by atoms with van der Waals surface area (Å²) in [6.45, 7) is 10.8. The molecular weight excluding hydrogens is 182 g/mol. The molecule has 0 aromatic rings. The highest BCUT2D eigenvalue weighted by molar-refractivity contribution is 5.78. The first-order valence-electron chi connectivity index (χ1n) is 4.80. The van der Waals surface area contributed by atoms with Crippen molar-refractivity contribution >= 4 is 5.97 Å².